The van der Waals surface area contributed by atoms with Crippen LogP contribution >= 0.6 is 0 Å². The SMILES string of the molecule is C=CC[C@]1(C(=O)NNC(C)C)N=C(c2ccc(OCCCO)cc2)O[C@H]1C. The van der Waals surface area contributed by atoms with Gasteiger partial charge in [0.1, 0.15) is 11.9 Å². The maximum atomic E-state index is 12.8. The van der Waals surface area contributed by atoms with Gasteiger partial charge < -0.3 is 14.6 Å². The van der Waals surface area contributed by atoms with E-state index in [1.165, 1.54) is 0 Å². The number of hydrogen-bond acceptors (Lipinski definition) is 6. The molecule has 1 aromatic carbocycles. The van der Waals surface area contributed by atoms with Gasteiger partial charge >= 0.3 is 0 Å². The quantitative estimate of drug-likeness (QED) is 0.330. The van der Waals surface area contributed by atoms with Gasteiger partial charge in [0, 0.05) is 31.1 Å². The van der Waals surface area contributed by atoms with Crippen LogP contribution in [0.3, 0.4) is 0 Å². The first-order valence-electron chi connectivity index (χ1n) is 9.20. The smallest absolute Gasteiger partial charge is 0.266 e. The summed E-state index contributed by atoms with van der Waals surface area (Å²) >= 11 is 0. The molecule has 1 aliphatic rings. The molecule has 7 heteroatoms. The standard InChI is InChI=1S/C20H29N3O4/c1-5-11-20(19(25)23-22-14(2)3)15(4)27-18(21-20)16-7-9-17(10-8-16)26-13-6-12-24/h5,7-10,14-15,22,24H,1,6,11-13H2,2-4H3,(H,23,25)/t15-,20-/m0/s1. The zero-order chi connectivity index (χ0) is 19.9. The number of ether oxygens (including phenoxy) is 2. The molecule has 0 fully saturated rings. The first-order valence-corrected chi connectivity index (χ1v) is 9.20. The van der Waals surface area contributed by atoms with Crippen molar-refractivity contribution in [3.8, 4) is 5.75 Å². The number of hydrogen-bond donors (Lipinski definition) is 3. The number of carbonyl (C=O) groups is 1. The third-order valence-corrected chi connectivity index (χ3v) is 4.26. The van der Waals surface area contributed by atoms with Crippen LogP contribution in [0.15, 0.2) is 41.9 Å². The van der Waals surface area contributed by atoms with E-state index in [0.717, 1.165) is 5.56 Å². The van der Waals surface area contributed by atoms with E-state index in [2.05, 4.69) is 22.4 Å². The lowest BCUT2D eigenvalue weighted by molar-refractivity contribution is -0.129. The van der Waals surface area contributed by atoms with E-state index in [4.69, 9.17) is 14.6 Å². The summed E-state index contributed by atoms with van der Waals surface area (Å²) in [6.45, 7) is 10.0. The van der Waals surface area contributed by atoms with Gasteiger partial charge in [-0.2, -0.15) is 0 Å². The summed E-state index contributed by atoms with van der Waals surface area (Å²) in [6, 6.07) is 7.42. The van der Waals surface area contributed by atoms with E-state index in [0.29, 0.717) is 31.1 Å². The van der Waals surface area contributed by atoms with Crippen LogP contribution in [-0.2, 0) is 9.53 Å². The molecule has 0 spiro atoms. The molecule has 0 aliphatic carbocycles. The van der Waals surface area contributed by atoms with E-state index in [9.17, 15) is 4.79 Å². The first-order chi connectivity index (χ1) is 12.9. The van der Waals surface area contributed by atoms with Crippen LogP contribution in [0.5, 0.6) is 5.75 Å². The Morgan fingerprint density at radius 1 is 1.44 bits per heavy atom. The Hall–Kier alpha value is -2.38. The summed E-state index contributed by atoms with van der Waals surface area (Å²) in [5.41, 5.74) is 5.36. The third kappa shape index (κ3) is 5.08. The summed E-state index contributed by atoms with van der Waals surface area (Å²) in [7, 11) is 0. The van der Waals surface area contributed by atoms with Crippen LogP contribution < -0.4 is 15.6 Å². The first kappa shape index (κ1) is 20.9. The number of aliphatic hydroxyl groups excluding tert-OH is 1. The molecule has 2 rings (SSSR count). The van der Waals surface area contributed by atoms with Crippen LogP contribution in [0.25, 0.3) is 0 Å². The fourth-order valence-electron chi connectivity index (χ4n) is 2.72. The predicted octanol–water partition coefficient (Wildman–Crippen LogP) is 1.96. The number of amides is 1. The van der Waals surface area contributed by atoms with Crippen LogP contribution in [0.4, 0.5) is 0 Å². The summed E-state index contributed by atoms with van der Waals surface area (Å²) < 4.78 is 11.5. The molecular weight excluding hydrogens is 346 g/mol. The van der Waals surface area contributed by atoms with Gasteiger partial charge in [-0.25, -0.2) is 10.4 Å². The summed E-state index contributed by atoms with van der Waals surface area (Å²) in [4.78, 5) is 17.4. The molecule has 0 saturated carbocycles. The highest BCUT2D eigenvalue weighted by molar-refractivity contribution is 6.00. The van der Waals surface area contributed by atoms with Crippen LogP contribution in [-0.4, -0.2) is 47.8 Å². The Kier molecular flexibility index (Phi) is 7.38. The second-order valence-corrected chi connectivity index (χ2v) is 6.80. The van der Waals surface area contributed by atoms with Crippen molar-refractivity contribution in [3.63, 3.8) is 0 Å². The lowest BCUT2D eigenvalue weighted by Crippen LogP contribution is -2.55. The zero-order valence-electron chi connectivity index (χ0n) is 16.2. The van der Waals surface area contributed by atoms with Crippen molar-refractivity contribution in [1.29, 1.82) is 0 Å². The molecule has 0 aromatic heterocycles. The van der Waals surface area contributed by atoms with Gasteiger partial charge in [0.2, 0.25) is 5.90 Å². The predicted molar refractivity (Wildman–Crippen MR) is 105 cm³/mol. The van der Waals surface area contributed by atoms with E-state index >= 15 is 0 Å². The Bertz CT molecular complexity index is 672. The lowest BCUT2D eigenvalue weighted by atomic mass is 9.90. The highest BCUT2D eigenvalue weighted by atomic mass is 16.5. The molecule has 0 radical (unpaired) electrons. The van der Waals surface area contributed by atoms with Gasteiger partial charge in [-0.05, 0) is 45.0 Å². The van der Waals surface area contributed by atoms with Crippen LogP contribution in [0.2, 0.25) is 0 Å². The number of rotatable bonds is 10. The molecule has 0 bridgehead atoms. The summed E-state index contributed by atoms with van der Waals surface area (Å²) in [5.74, 6) is 0.878. The fourth-order valence-corrected chi connectivity index (χ4v) is 2.72. The van der Waals surface area contributed by atoms with Crippen LogP contribution in [0.1, 0.15) is 39.2 Å². The molecule has 1 heterocycles. The Labute approximate surface area is 160 Å². The van der Waals surface area contributed by atoms with Gasteiger partial charge in [-0.3, -0.25) is 10.2 Å². The number of benzene rings is 1. The van der Waals surface area contributed by atoms with Gasteiger partial charge in [0.25, 0.3) is 5.91 Å². The van der Waals surface area contributed by atoms with E-state index < -0.39 is 11.6 Å². The molecule has 148 valence electrons. The molecule has 3 N–H and O–H groups in total. The monoisotopic (exact) mass is 375 g/mol. The highest BCUT2D eigenvalue weighted by Gasteiger charge is 2.49. The van der Waals surface area contributed by atoms with Crippen molar-refractivity contribution in [2.24, 2.45) is 4.99 Å². The second kappa shape index (κ2) is 9.53. The number of aliphatic hydroxyl groups is 1. The van der Waals surface area contributed by atoms with Crippen LogP contribution in [0, 0.1) is 0 Å². The molecule has 1 aromatic rings. The average molecular weight is 375 g/mol. The normalized spacial score (nSPS) is 21.5. The maximum absolute atomic E-state index is 12.8. The topological polar surface area (TPSA) is 92.2 Å². The highest BCUT2D eigenvalue weighted by Crippen LogP contribution is 2.32. The summed E-state index contributed by atoms with van der Waals surface area (Å²) in [5, 5.41) is 8.81. The Morgan fingerprint density at radius 3 is 2.74 bits per heavy atom. The summed E-state index contributed by atoms with van der Waals surface area (Å²) in [6.07, 6.45) is 2.20. The van der Waals surface area contributed by atoms with Crippen molar-refractivity contribution < 1.29 is 19.4 Å². The molecule has 0 saturated heterocycles. The third-order valence-electron chi connectivity index (χ3n) is 4.26. The number of hydrazine groups is 1. The van der Waals surface area contributed by atoms with Gasteiger partial charge in [0.05, 0.1) is 6.61 Å². The van der Waals surface area contributed by atoms with Gasteiger partial charge in [-0.1, -0.05) is 6.08 Å². The number of nitrogens with one attached hydrogen (secondary N) is 2. The van der Waals surface area contributed by atoms with E-state index in [-0.39, 0.29) is 18.6 Å². The Morgan fingerprint density at radius 2 is 2.15 bits per heavy atom. The molecule has 0 unspecified atom stereocenters. The molecule has 7 nitrogen and oxygen atoms in total. The lowest BCUT2D eigenvalue weighted by Gasteiger charge is -2.27. The maximum Gasteiger partial charge on any atom is 0.266 e. The zero-order valence-corrected chi connectivity index (χ0v) is 16.2. The molecular formula is C20H29N3O4. The molecule has 1 aliphatic heterocycles. The number of carbonyl (C=O) groups excluding carboxylic acids is 1. The molecule has 2 atom stereocenters. The second-order valence-electron chi connectivity index (χ2n) is 6.80. The molecule has 27 heavy (non-hydrogen) atoms. The average Bonchev–Trinajstić information content (AvgIpc) is 2.98. The van der Waals surface area contributed by atoms with Crippen molar-refractivity contribution in [2.45, 2.75) is 51.3 Å². The van der Waals surface area contributed by atoms with Crippen molar-refractivity contribution in [2.75, 3.05) is 13.2 Å². The van der Waals surface area contributed by atoms with Crippen molar-refractivity contribution >= 4 is 11.8 Å². The van der Waals surface area contributed by atoms with Gasteiger partial charge in [-0.15, -0.1) is 6.58 Å². The molecule has 1 amide bonds. The van der Waals surface area contributed by atoms with E-state index in [1.807, 2.05) is 45.0 Å². The minimum absolute atomic E-state index is 0.0970. The van der Waals surface area contributed by atoms with Crippen molar-refractivity contribution in [3.05, 3.63) is 42.5 Å². The fraction of sp³-hybridized carbons (Fsp3) is 0.500. The Balaban J connectivity index is 2.19. The number of nitrogens with zero attached hydrogens (tertiary/aromatic N) is 1. The minimum Gasteiger partial charge on any atom is -0.494 e. The minimum atomic E-state index is -1.06. The van der Waals surface area contributed by atoms with Gasteiger partial charge in [0.15, 0.2) is 5.54 Å². The van der Waals surface area contributed by atoms with E-state index in [1.54, 1.807) is 6.08 Å². The van der Waals surface area contributed by atoms with Crippen molar-refractivity contribution in [1.82, 2.24) is 10.9 Å². The number of aliphatic imine (C=N–C) groups is 1. The largest absolute Gasteiger partial charge is 0.494 e.